The second-order valence-corrected chi connectivity index (χ2v) is 13.8. The maximum Gasteiger partial charge on any atom is 0.306 e. The molecule has 0 amide bonds. The highest BCUT2D eigenvalue weighted by atomic mass is 35.5. The molecule has 6 rings (SSSR count). The molecule has 0 aromatic heterocycles. The van der Waals surface area contributed by atoms with E-state index in [4.69, 9.17) is 28.3 Å². The number of rotatable bonds is 11. The fourth-order valence-electron chi connectivity index (χ4n) is 7.06. The van der Waals surface area contributed by atoms with Crippen LogP contribution in [-0.2, 0) is 35.5 Å². The summed E-state index contributed by atoms with van der Waals surface area (Å²) in [6.45, 7) is 5.21. The van der Waals surface area contributed by atoms with Crippen molar-refractivity contribution in [3.63, 3.8) is 0 Å². The van der Waals surface area contributed by atoms with E-state index in [-0.39, 0.29) is 18.6 Å². The Labute approximate surface area is 291 Å². The largest absolute Gasteiger partial charge is 0.481 e. The minimum Gasteiger partial charge on any atom is -0.481 e. The topological polar surface area (TPSA) is 101 Å². The second-order valence-electron chi connectivity index (χ2n) is 13.1. The molecule has 0 spiro atoms. The predicted molar refractivity (Wildman–Crippen MR) is 190 cm³/mol. The number of carbonyl (C=O) groups is 2. The Hall–Kier alpha value is -3.56. The predicted octanol–water partition coefficient (Wildman–Crippen LogP) is 6.89. The van der Waals surface area contributed by atoms with Crippen molar-refractivity contribution in [2.24, 2.45) is 0 Å². The number of benzene rings is 4. The van der Waals surface area contributed by atoms with Crippen LogP contribution in [0.3, 0.4) is 0 Å². The minimum absolute atomic E-state index is 0.00960. The minimum atomic E-state index is -1.00. The smallest absolute Gasteiger partial charge is 0.306 e. The Balaban J connectivity index is 1.25. The number of halogens is 2. The highest BCUT2D eigenvalue weighted by Crippen LogP contribution is 2.43. The molecule has 250 valence electrons. The van der Waals surface area contributed by atoms with Crippen molar-refractivity contribution >= 4 is 35.0 Å². The summed E-state index contributed by atoms with van der Waals surface area (Å²) < 4.78 is 0. The third-order valence-electron chi connectivity index (χ3n) is 9.38. The highest BCUT2D eigenvalue weighted by molar-refractivity contribution is 6.39. The number of ketones is 1. The maximum atomic E-state index is 11.5. The van der Waals surface area contributed by atoms with Crippen molar-refractivity contribution in [2.75, 3.05) is 26.2 Å². The molecule has 7 nitrogen and oxygen atoms in total. The van der Waals surface area contributed by atoms with Gasteiger partial charge in [-0.2, -0.15) is 0 Å². The monoisotopic (exact) mass is 686 g/mol. The summed E-state index contributed by atoms with van der Waals surface area (Å²) in [5.41, 5.74) is 10.3. The highest BCUT2D eigenvalue weighted by Gasteiger charge is 2.23. The number of aliphatic hydroxyl groups is 2. The first-order chi connectivity index (χ1) is 23.0. The van der Waals surface area contributed by atoms with Crippen molar-refractivity contribution in [3.05, 3.63) is 105 Å². The van der Waals surface area contributed by atoms with Crippen LogP contribution in [-0.4, -0.2) is 75.3 Å². The molecule has 4 aromatic rings. The third-order valence-corrected chi connectivity index (χ3v) is 10.2. The van der Waals surface area contributed by atoms with Crippen LogP contribution in [0.15, 0.2) is 72.8 Å². The summed E-state index contributed by atoms with van der Waals surface area (Å²) in [5, 5.41) is 30.8. The van der Waals surface area contributed by atoms with Crippen molar-refractivity contribution in [1.29, 1.82) is 0 Å². The van der Waals surface area contributed by atoms with E-state index in [1.54, 1.807) is 0 Å². The molecule has 2 heterocycles. The molecule has 48 heavy (non-hydrogen) atoms. The van der Waals surface area contributed by atoms with Gasteiger partial charge in [-0.05, 0) is 65.3 Å². The molecular weight excluding hydrogens is 647 g/mol. The zero-order valence-electron chi connectivity index (χ0n) is 27.0. The van der Waals surface area contributed by atoms with Gasteiger partial charge in [0.15, 0.2) is 0 Å². The van der Waals surface area contributed by atoms with Gasteiger partial charge in [-0.3, -0.25) is 19.4 Å². The normalized spacial score (nSPS) is 16.2. The average Bonchev–Trinajstić information content (AvgIpc) is 3.04. The lowest BCUT2D eigenvalue weighted by Gasteiger charge is -2.30. The van der Waals surface area contributed by atoms with Gasteiger partial charge in [0, 0.05) is 67.9 Å². The van der Waals surface area contributed by atoms with Gasteiger partial charge in [0.1, 0.15) is 5.78 Å². The van der Waals surface area contributed by atoms with Gasteiger partial charge in [-0.15, -0.1) is 0 Å². The Bertz CT molecular complexity index is 1710. The molecule has 0 aliphatic carbocycles. The molecule has 2 aliphatic rings. The number of carboxylic acid groups (broad SMARTS) is 1. The lowest BCUT2D eigenvalue weighted by Crippen LogP contribution is -2.37. The number of Topliss-reactive ketones (excluding diaryl/α,β-unsaturated/α-hetero) is 1. The first kappa shape index (κ1) is 34.3. The first-order valence-corrected chi connectivity index (χ1v) is 17.1. The van der Waals surface area contributed by atoms with Crippen LogP contribution in [0.2, 0.25) is 10.0 Å². The Kier molecular flexibility index (Phi) is 10.7. The van der Waals surface area contributed by atoms with Gasteiger partial charge in [0.05, 0.1) is 28.7 Å². The number of aliphatic hydroxyl groups excluding tert-OH is 2. The summed E-state index contributed by atoms with van der Waals surface area (Å²) in [5.74, 6) is -1.01. The number of nitrogens with zero attached hydrogens (tertiary/aromatic N) is 2. The first-order valence-electron chi connectivity index (χ1n) is 16.4. The number of hydrogen-bond donors (Lipinski definition) is 3. The van der Waals surface area contributed by atoms with Crippen LogP contribution in [0.5, 0.6) is 0 Å². The number of carbonyl (C=O) groups excluding carboxylic acids is 1. The van der Waals surface area contributed by atoms with Gasteiger partial charge in [-0.1, -0.05) is 83.9 Å². The van der Waals surface area contributed by atoms with E-state index in [1.165, 1.54) is 23.6 Å². The number of fused-ring (bicyclic) bond motifs is 2. The summed E-state index contributed by atoms with van der Waals surface area (Å²) in [6, 6.07) is 24.8. The van der Waals surface area contributed by atoms with Crippen LogP contribution in [0.4, 0.5) is 0 Å². The summed E-state index contributed by atoms with van der Waals surface area (Å²) in [7, 11) is 0. The van der Waals surface area contributed by atoms with Crippen molar-refractivity contribution < 1.29 is 24.9 Å². The summed E-state index contributed by atoms with van der Waals surface area (Å²) in [6.07, 6.45) is 0.0309. The molecule has 0 saturated heterocycles. The van der Waals surface area contributed by atoms with Gasteiger partial charge >= 0.3 is 5.97 Å². The molecular formula is C39H40Cl2N2O5. The van der Waals surface area contributed by atoms with Crippen molar-refractivity contribution in [3.8, 4) is 33.4 Å². The molecule has 9 heteroatoms. The Morgan fingerprint density at radius 1 is 0.667 bits per heavy atom. The number of aliphatic carboxylic acids is 1. The fourth-order valence-corrected chi connectivity index (χ4v) is 7.74. The molecule has 2 aliphatic heterocycles. The molecule has 0 saturated carbocycles. The van der Waals surface area contributed by atoms with Crippen LogP contribution in [0.25, 0.3) is 33.4 Å². The lowest BCUT2D eigenvalue weighted by molar-refractivity contribution is -0.139. The van der Waals surface area contributed by atoms with E-state index in [0.717, 1.165) is 64.9 Å². The van der Waals surface area contributed by atoms with E-state index < -0.39 is 18.2 Å². The Morgan fingerprint density at radius 3 is 1.54 bits per heavy atom. The van der Waals surface area contributed by atoms with Gasteiger partial charge in [0.25, 0.3) is 0 Å². The molecule has 2 atom stereocenters. The number of carboxylic acids is 1. The van der Waals surface area contributed by atoms with Crippen molar-refractivity contribution in [2.45, 2.75) is 57.9 Å². The summed E-state index contributed by atoms with van der Waals surface area (Å²) >= 11 is 14.3. The lowest BCUT2D eigenvalue weighted by atomic mass is 9.91. The molecule has 0 radical (unpaired) electrons. The molecule has 3 N–H and O–H groups in total. The quantitative estimate of drug-likeness (QED) is 0.158. The average molecular weight is 688 g/mol. The number of hydrogen-bond acceptors (Lipinski definition) is 6. The van der Waals surface area contributed by atoms with Crippen molar-refractivity contribution in [1.82, 2.24) is 9.80 Å². The van der Waals surface area contributed by atoms with Crippen LogP contribution in [0.1, 0.15) is 42.0 Å². The van der Waals surface area contributed by atoms with E-state index in [1.807, 2.05) is 36.4 Å². The zero-order chi connectivity index (χ0) is 33.9. The summed E-state index contributed by atoms with van der Waals surface area (Å²) in [4.78, 5) is 26.8. The van der Waals surface area contributed by atoms with Crippen LogP contribution >= 0.6 is 23.2 Å². The fraction of sp³-hybridized carbons (Fsp3) is 0.333. The SMILES string of the molecule is CC(=O)C[C@H](O)CN1CCc2ccc(-c3cccc(-c4cccc(-c5ccc6c(c5)CN(C[C@@H](O)CC(=O)O)CC6)c4Cl)c3Cl)cc2C1. The van der Waals surface area contributed by atoms with E-state index in [9.17, 15) is 19.8 Å². The Morgan fingerprint density at radius 2 is 1.10 bits per heavy atom. The van der Waals surface area contributed by atoms with E-state index >= 15 is 0 Å². The zero-order valence-corrected chi connectivity index (χ0v) is 28.5. The van der Waals surface area contributed by atoms with E-state index in [0.29, 0.717) is 36.2 Å². The van der Waals surface area contributed by atoms with Gasteiger partial charge < -0.3 is 15.3 Å². The molecule has 0 unspecified atom stereocenters. The molecule has 4 aromatic carbocycles. The van der Waals surface area contributed by atoms with E-state index in [2.05, 4.69) is 46.2 Å². The maximum absolute atomic E-state index is 11.5. The molecule has 0 bridgehead atoms. The van der Waals surface area contributed by atoms with Crippen LogP contribution < -0.4 is 0 Å². The number of β-amino-alcohol motifs (C(OH)–C–C–N with tert-alkyl or cyclic N) is 2. The second kappa shape index (κ2) is 14.9. The third kappa shape index (κ3) is 7.84. The van der Waals surface area contributed by atoms with Gasteiger partial charge in [-0.25, -0.2) is 0 Å². The van der Waals surface area contributed by atoms with Crippen LogP contribution in [0, 0.1) is 0 Å². The molecule has 0 fully saturated rings. The standard InChI is InChI=1S/C39H40Cl2N2O5/c1-24(44)16-31(45)22-42-14-12-25-8-10-27(17-29(25)20-42)33-4-2-6-35(38(33)40)36-7-3-5-34(39(36)41)28-11-9-26-13-15-43(21-30(26)18-28)23-32(46)19-37(47)48/h2-11,17-18,31-32,45-46H,12-16,19-23H2,1H3,(H,47,48)/t31-,32-/m0/s1. The van der Waals surface area contributed by atoms with Gasteiger partial charge in [0.2, 0.25) is 0 Å².